The molecular weight excluding hydrogens is 292 g/mol. The lowest BCUT2D eigenvalue weighted by Gasteiger charge is -2.17. The highest BCUT2D eigenvalue weighted by Gasteiger charge is 2.11. The molecule has 7 heteroatoms. The van der Waals surface area contributed by atoms with Gasteiger partial charge in [0.05, 0.1) is 5.75 Å². The van der Waals surface area contributed by atoms with Crippen molar-refractivity contribution in [1.29, 1.82) is 0 Å². The van der Waals surface area contributed by atoms with Crippen LogP contribution in [0, 0.1) is 13.8 Å². The second-order valence-electron chi connectivity index (χ2n) is 4.53. The maximum absolute atomic E-state index is 12.0. The SMILES string of the molecule is Cc1csc(SCC(=O)N(C)CCn2ccnc2C)n1. The number of amides is 1. The highest BCUT2D eigenvalue weighted by atomic mass is 32.2. The van der Waals surface area contributed by atoms with Gasteiger partial charge >= 0.3 is 0 Å². The van der Waals surface area contributed by atoms with E-state index >= 15 is 0 Å². The summed E-state index contributed by atoms with van der Waals surface area (Å²) in [5, 5.41) is 2.00. The van der Waals surface area contributed by atoms with Crippen molar-refractivity contribution >= 4 is 29.0 Å². The zero-order valence-corrected chi connectivity index (χ0v) is 13.5. The molecule has 2 aromatic rings. The van der Waals surface area contributed by atoms with Gasteiger partial charge in [-0.25, -0.2) is 9.97 Å². The summed E-state index contributed by atoms with van der Waals surface area (Å²) in [6.07, 6.45) is 3.71. The third-order valence-electron chi connectivity index (χ3n) is 2.94. The van der Waals surface area contributed by atoms with Crippen molar-refractivity contribution in [2.75, 3.05) is 19.3 Å². The van der Waals surface area contributed by atoms with Crippen LogP contribution in [0.15, 0.2) is 22.1 Å². The molecule has 0 atom stereocenters. The van der Waals surface area contributed by atoms with Gasteiger partial charge in [0.2, 0.25) is 5.91 Å². The third-order valence-corrected chi connectivity index (χ3v) is 5.07. The Bertz CT molecular complexity index is 578. The zero-order chi connectivity index (χ0) is 14.5. The molecule has 0 saturated heterocycles. The van der Waals surface area contributed by atoms with Gasteiger partial charge in [-0.15, -0.1) is 11.3 Å². The van der Waals surface area contributed by atoms with E-state index in [4.69, 9.17) is 0 Å². The topological polar surface area (TPSA) is 51.0 Å². The van der Waals surface area contributed by atoms with Crippen LogP contribution in [-0.2, 0) is 11.3 Å². The summed E-state index contributed by atoms with van der Waals surface area (Å²) in [5.74, 6) is 1.53. The summed E-state index contributed by atoms with van der Waals surface area (Å²) >= 11 is 3.09. The maximum Gasteiger partial charge on any atom is 0.232 e. The number of imidazole rings is 1. The van der Waals surface area contributed by atoms with Gasteiger partial charge in [-0.2, -0.15) is 0 Å². The number of aromatic nitrogens is 3. The predicted octanol–water partition coefficient (Wildman–Crippen LogP) is 2.21. The first-order chi connectivity index (χ1) is 9.56. The molecule has 0 saturated carbocycles. The Morgan fingerprint density at radius 3 is 2.90 bits per heavy atom. The molecule has 0 unspecified atom stereocenters. The first-order valence-corrected chi connectivity index (χ1v) is 8.19. The van der Waals surface area contributed by atoms with Gasteiger partial charge in [0, 0.05) is 43.6 Å². The van der Waals surface area contributed by atoms with Gasteiger partial charge in [-0.1, -0.05) is 11.8 Å². The fourth-order valence-corrected chi connectivity index (χ4v) is 3.44. The normalized spacial score (nSPS) is 10.8. The van der Waals surface area contributed by atoms with E-state index in [1.54, 1.807) is 22.4 Å². The standard InChI is InChI=1S/C13H18N4OS2/c1-10-8-19-13(15-10)20-9-12(18)16(3)6-7-17-5-4-14-11(17)2/h4-5,8H,6-7,9H2,1-3H3. The van der Waals surface area contributed by atoms with Crippen LogP contribution in [0.1, 0.15) is 11.5 Å². The lowest BCUT2D eigenvalue weighted by Crippen LogP contribution is -2.31. The van der Waals surface area contributed by atoms with Gasteiger partial charge in [0.25, 0.3) is 0 Å². The molecule has 0 aliphatic rings. The van der Waals surface area contributed by atoms with E-state index in [1.165, 1.54) is 11.8 Å². The Morgan fingerprint density at radius 2 is 2.30 bits per heavy atom. The minimum Gasteiger partial charge on any atom is -0.343 e. The summed E-state index contributed by atoms with van der Waals surface area (Å²) in [6.45, 7) is 5.38. The average Bonchev–Trinajstić information content (AvgIpc) is 3.02. The van der Waals surface area contributed by atoms with Crippen molar-refractivity contribution in [1.82, 2.24) is 19.4 Å². The van der Waals surface area contributed by atoms with Gasteiger partial charge in [-0.05, 0) is 13.8 Å². The van der Waals surface area contributed by atoms with Crippen LogP contribution in [0.25, 0.3) is 0 Å². The molecule has 0 N–H and O–H groups in total. The second-order valence-corrected chi connectivity index (χ2v) is 6.61. The Morgan fingerprint density at radius 1 is 1.50 bits per heavy atom. The van der Waals surface area contributed by atoms with Crippen LogP contribution in [0.5, 0.6) is 0 Å². The maximum atomic E-state index is 12.0. The number of aryl methyl sites for hydroxylation is 2. The molecule has 0 aromatic carbocycles. The molecule has 108 valence electrons. The van der Waals surface area contributed by atoms with Crippen molar-refractivity contribution in [3.63, 3.8) is 0 Å². The number of likely N-dealkylation sites (N-methyl/N-ethyl adjacent to an activating group) is 1. The van der Waals surface area contributed by atoms with Crippen LogP contribution in [0.2, 0.25) is 0 Å². The number of hydrogen-bond acceptors (Lipinski definition) is 5. The van der Waals surface area contributed by atoms with Crippen LogP contribution in [0.3, 0.4) is 0 Å². The first kappa shape index (κ1) is 15.1. The minimum absolute atomic E-state index is 0.126. The fourth-order valence-electron chi connectivity index (χ4n) is 1.65. The lowest BCUT2D eigenvalue weighted by atomic mass is 10.5. The summed E-state index contributed by atoms with van der Waals surface area (Å²) in [4.78, 5) is 22.3. The number of rotatable bonds is 6. The number of nitrogens with zero attached hydrogens (tertiary/aromatic N) is 4. The molecule has 2 aromatic heterocycles. The summed E-state index contributed by atoms with van der Waals surface area (Å²) in [5.41, 5.74) is 1.01. The molecule has 0 aliphatic carbocycles. The molecule has 5 nitrogen and oxygen atoms in total. The van der Waals surface area contributed by atoms with Gasteiger partial charge in [-0.3, -0.25) is 4.79 Å². The van der Waals surface area contributed by atoms with E-state index in [-0.39, 0.29) is 5.91 Å². The highest BCUT2D eigenvalue weighted by Crippen LogP contribution is 2.22. The minimum atomic E-state index is 0.126. The van der Waals surface area contributed by atoms with E-state index in [0.29, 0.717) is 12.3 Å². The van der Waals surface area contributed by atoms with Crippen LogP contribution in [0.4, 0.5) is 0 Å². The number of carbonyl (C=O) groups excluding carboxylic acids is 1. The Kier molecular flexibility index (Phi) is 5.19. The molecule has 1 amide bonds. The van der Waals surface area contributed by atoms with E-state index in [0.717, 1.165) is 22.4 Å². The lowest BCUT2D eigenvalue weighted by molar-refractivity contribution is -0.127. The van der Waals surface area contributed by atoms with Crippen molar-refractivity contribution in [2.45, 2.75) is 24.7 Å². The number of hydrogen-bond donors (Lipinski definition) is 0. The van der Waals surface area contributed by atoms with E-state index in [1.807, 2.05) is 37.0 Å². The molecule has 0 radical (unpaired) electrons. The molecule has 0 spiro atoms. The van der Waals surface area contributed by atoms with Crippen molar-refractivity contribution in [2.24, 2.45) is 0 Å². The van der Waals surface area contributed by atoms with Crippen molar-refractivity contribution in [3.05, 3.63) is 29.3 Å². The number of carbonyl (C=O) groups is 1. The second kappa shape index (κ2) is 6.90. The molecule has 0 aliphatic heterocycles. The van der Waals surface area contributed by atoms with Crippen molar-refractivity contribution < 1.29 is 4.79 Å². The van der Waals surface area contributed by atoms with Crippen molar-refractivity contribution in [3.8, 4) is 0 Å². The van der Waals surface area contributed by atoms with Crippen LogP contribution < -0.4 is 0 Å². The molecule has 2 heterocycles. The van der Waals surface area contributed by atoms with E-state index in [2.05, 4.69) is 9.97 Å². The largest absolute Gasteiger partial charge is 0.343 e. The summed E-state index contributed by atoms with van der Waals surface area (Å²) < 4.78 is 3.00. The predicted molar refractivity (Wildman–Crippen MR) is 82.2 cm³/mol. The summed E-state index contributed by atoms with van der Waals surface area (Å²) in [6, 6.07) is 0. The van der Waals surface area contributed by atoms with Crippen LogP contribution >= 0.6 is 23.1 Å². The zero-order valence-electron chi connectivity index (χ0n) is 11.9. The fraction of sp³-hybridized carbons (Fsp3) is 0.462. The van der Waals surface area contributed by atoms with Gasteiger partial charge < -0.3 is 9.47 Å². The quantitative estimate of drug-likeness (QED) is 0.768. The Labute approximate surface area is 127 Å². The molecule has 2 rings (SSSR count). The number of thiazole rings is 1. The van der Waals surface area contributed by atoms with E-state index < -0.39 is 0 Å². The third kappa shape index (κ3) is 4.08. The van der Waals surface area contributed by atoms with E-state index in [9.17, 15) is 4.79 Å². The number of thioether (sulfide) groups is 1. The highest BCUT2D eigenvalue weighted by molar-refractivity contribution is 8.01. The Balaban J connectivity index is 1.76. The molecule has 0 bridgehead atoms. The van der Waals surface area contributed by atoms with Gasteiger partial charge in [0.1, 0.15) is 5.82 Å². The average molecular weight is 310 g/mol. The Hall–Kier alpha value is -1.34. The summed E-state index contributed by atoms with van der Waals surface area (Å²) in [7, 11) is 1.84. The van der Waals surface area contributed by atoms with Crippen LogP contribution in [-0.4, -0.2) is 44.7 Å². The first-order valence-electron chi connectivity index (χ1n) is 6.33. The smallest absolute Gasteiger partial charge is 0.232 e. The molecule has 20 heavy (non-hydrogen) atoms. The monoisotopic (exact) mass is 310 g/mol. The molecule has 0 fully saturated rings. The molecular formula is C13H18N4OS2. The van der Waals surface area contributed by atoms with Gasteiger partial charge in [0.15, 0.2) is 4.34 Å².